The van der Waals surface area contributed by atoms with Crippen molar-refractivity contribution in [3.63, 3.8) is 0 Å². The van der Waals surface area contributed by atoms with Gasteiger partial charge in [0.25, 0.3) is 5.91 Å². The molecule has 2 N–H and O–H groups in total. The van der Waals surface area contributed by atoms with E-state index in [4.69, 9.17) is 16.6 Å². The van der Waals surface area contributed by atoms with Crippen molar-refractivity contribution < 1.29 is 9.59 Å². The van der Waals surface area contributed by atoms with Gasteiger partial charge in [0.2, 0.25) is 5.91 Å². The van der Waals surface area contributed by atoms with Crippen molar-refractivity contribution in [3.05, 3.63) is 81.5 Å². The molecule has 0 unspecified atom stereocenters. The van der Waals surface area contributed by atoms with Gasteiger partial charge in [0.15, 0.2) is 0 Å². The third-order valence-electron chi connectivity index (χ3n) is 4.83. The van der Waals surface area contributed by atoms with Gasteiger partial charge >= 0.3 is 0 Å². The maximum atomic E-state index is 12.9. The fraction of sp³-hybridized carbons (Fsp3) is 0.160. The molecule has 4 aromatic rings. The first kappa shape index (κ1) is 23.2. The minimum absolute atomic E-state index is 0.171. The number of thiazole rings is 1. The Morgan fingerprint density at radius 2 is 1.88 bits per heavy atom. The van der Waals surface area contributed by atoms with Gasteiger partial charge in [0, 0.05) is 22.7 Å². The molecule has 2 heterocycles. The second-order valence-corrected chi connectivity index (χ2v) is 9.75. The van der Waals surface area contributed by atoms with E-state index < -0.39 is 0 Å². The maximum absolute atomic E-state index is 12.9. The van der Waals surface area contributed by atoms with Crippen LogP contribution in [0.1, 0.15) is 28.6 Å². The van der Waals surface area contributed by atoms with Crippen LogP contribution in [0.4, 0.5) is 5.69 Å². The summed E-state index contributed by atoms with van der Waals surface area (Å²) in [4.78, 5) is 31.8. The number of nitrogens with zero attached hydrogens (tertiary/aromatic N) is 1. The molecule has 0 radical (unpaired) electrons. The van der Waals surface area contributed by atoms with Crippen molar-refractivity contribution in [2.45, 2.75) is 19.8 Å². The quantitative estimate of drug-likeness (QED) is 0.292. The number of anilines is 1. The molecule has 0 aliphatic heterocycles. The van der Waals surface area contributed by atoms with Gasteiger partial charge in [-0.05, 0) is 36.1 Å². The summed E-state index contributed by atoms with van der Waals surface area (Å²) >= 11 is 9.41. The first-order chi connectivity index (χ1) is 16.0. The second-order valence-electron chi connectivity index (χ2n) is 7.31. The highest BCUT2D eigenvalue weighted by Gasteiger charge is 2.18. The van der Waals surface area contributed by atoms with Crippen molar-refractivity contribution in [3.8, 4) is 21.1 Å². The van der Waals surface area contributed by atoms with E-state index in [1.54, 1.807) is 29.5 Å². The summed E-state index contributed by atoms with van der Waals surface area (Å²) in [7, 11) is 0. The molecule has 0 atom stereocenters. The molecule has 0 aliphatic carbocycles. The Labute approximate surface area is 205 Å². The van der Waals surface area contributed by atoms with Gasteiger partial charge in [-0.1, -0.05) is 54.9 Å². The summed E-state index contributed by atoms with van der Waals surface area (Å²) in [5, 5.41) is 8.87. The zero-order chi connectivity index (χ0) is 23.2. The number of benzene rings is 2. The Morgan fingerprint density at radius 3 is 2.58 bits per heavy atom. The summed E-state index contributed by atoms with van der Waals surface area (Å²) in [6.45, 7) is 2.57. The number of hydrogen-bond acceptors (Lipinski definition) is 5. The molecule has 0 spiro atoms. The van der Waals surface area contributed by atoms with Gasteiger partial charge in [-0.3, -0.25) is 9.59 Å². The van der Waals surface area contributed by atoms with Gasteiger partial charge in [-0.2, -0.15) is 0 Å². The number of amides is 2. The Hall–Kier alpha value is -3.00. The third kappa shape index (κ3) is 5.68. The smallest absolute Gasteiger partial charge is 0.252 e. The van der Waals surface area contributed by atoms with Crippen LogP contribution >= 0.6 is 34.3 Å². The summed E-state index contributed by atoms with van der Waals surface area (Å²) in [6.07, 6.45) is 1.03. The van der Waals surface area contributed by atoms with Gasteiger partial charge in [-0.25, -0.2) is 4.98 Å². The molecule has 2 aromatic heterocycles. The first-order valence-electron chi connectivity index (χ1n) is 10.5. The molecule has 2 amide bonds. The zero-order valence-electron chi connectivity index (χ0n) is 17.9. The van der Waals surface area contributed by atoms with Crippen molar-refractivity contribution in [2.24, 2.45) is 0 Å². The molecule has 0 saturated heterocycles. The number of rotatable bonds is 8. The lowest BCUT2D eigenvalue weighted by Crippen LogP contribution is -2.24. The molecule has 0 bridgehead atoms. The fourth-order valence-electron chi connectivity index (χ4n) is 3.24. The number of carbonyl (C=O) groups excluding carboxylic acids is 2. The van der Waals surface area contributed by atoms with Crippen LogP contribution in [-0.4, -0.2) is 23.3 Å². The monoisotopic (exact) mass is 495 g/mol. The van der Waals surface area contributed by atoms with E-state index in [2.05, 4.69) is 10.6 Å². The average Bonchev–Trinajstić information content (AvgIpc) is 3.48. The molecule has 0 fully saturated rings. The molecule has 33 heavy (non-hydrogen) atoms. The van der Waals surface area contributed by atoms with Gasteiger partial charge in [-0.15, -0.1) is 22.7 Å². The molecule has 5 nitrogen and oxygen atoms in total. The van der Waals surface area contributed by atoms with E-state index in [0.717, 1.165) is 32.4 Å². The lowest BCUT2D eigenvalue weighted by Gasteiger charge is -2.09. The Morgan fingerprint density at radius 1 is 1.06 bits per heavy atom. The van der Waals surface area contributed by atoms with Crippen LogP contribution in [0.25, 0.3) is 21.1 Å². The molecule has 0 saturated carbocycles. The maximum Gasteiger partial charge on any atom is 0.252 e. The number of halogens is 1. The average molecular weight is 496 g/mol. The molecule has 4 rings (SSSR count). The normalized spacial score (nSPS) is 10.7. The molecule has 8 heteroatoms. The minimum atomic E-state index is -0.224. The van der Waals surface area contributed by atoms with Gasteiger partial charge < -0.3 is 10.6 Å². The largest absolute Gasteiger partial charge is 0.352 e. The molecule has 0 aliphatic rings. The minimum Gasteiger partial charge on any atom is -0.352 e. The van der Waals surface area contributed by atoms with Crippen LogP contribution in [0.5, 0.6) is 0 Å². The highest BCUT2D eigenvalue weighted by molar-refractivity contribution is 7.17. The number of thiophene rings is 1. The van der Waals surface area contributed by atoms with Crippen LogP contribution in [0.15, 0.2) is 66.0 Å². The van der Waals surface area contributed by atoms with Crippen LogP contribution < -0.4 is 10.6 Å². The van der Waals surface area contributed by atoms with Gasteiger partial charge in [0.05, 0.1) is 27.6 Å². The highest BCUT2D eigenvalue weighted by Crippen LogP contribution is 2.36. The van der Waals surface area contributed by atoms with E-state index >= 15 is 0 Å². The zero-order valence-corrected chi connectivity index (χ0v) is 20.3. The molecule has 2 aromatic carbocycles. The standard InChI is InChI=1S/C25H22ClN3O2S2/c1-2-12-27-24(31)18-11-10-17(14-19(18)26)28-22(30)15-21-23(20-9-6-13-32-20)29-25(33-21)16-7-4-3-5-8-16/h3-11,13-14H,2,12,15H2,1H3,(H,27,31)(H,28,30). The van der Waals surface area contributed by atoms with E-state index in [0.29, 0.717) is 22.8 Å². The predicted octanol–water partition coefficient (Wildman–Crippen LogP) is 6.51. The van der Waals surface area contributed by atoms with E-state index in [-0.39, 0.29) is 18.2 Å². The van der Waals surface area contributed by atoms with Crippen molar-refractivity contribution in [1.82, 2.24) is 10.3 Å². The first-order valence-corrected chi connectivity index (χ1v) is 12.6. The van der Waals surface area contributed by atoms with E-state index in [1.165, 1.54) is 11.3 Å². The van der Waals surface area contributed by atoms with Crippen molar-refractivity contribution in [2.75, 3.05) is 11.9 Å². The fourth-order valence-corrected chi connectivity index (χ4v) is 5.40. The van der Waals surface area contributed by atoms with Crippen LogP contribution in [0.2, 0.25) is 5.02 Å². The van der Waals surface area contributed by atoms with Gasteiger partial charge in [0.1, 0.15) is 5.01 Å². The molecule has 168 valence electrons. The lowest BCUT2D eigenvalue weighted by atomic mass is 10.1. The second kappa shape index (κ2) is 10.7. The number of hydrogen-bond donors (Lipinski definition) is 2. The topological polar surface area (TPSA) is 71.1 Å². The summed E-state index contributed by atoms with van der Waals surface area (Å²) in [5.41, 5.74) is 2.79. The Bertz CT molecular complexity index is 1250. The molecular formula is C25H22ClN3O2S2. The number of carbonyl (C=O) groups is 2. The summed E-state index contributed by atoms with van der Waals surface area (Å²) < 4.78 is 0. The lowest BCUT2D eigenvalue weighted by molar-refractivity contribution is -0.115. The third-order valence-corrected chi connectivity index (χ3v) is 7.12. The van der Waals surface area contributed by atoms with E-state index in [1.807, 2.05) is 54.8 Å². The highest BCUT2D eigenvalue weighted by atomic mass is 35.5. The SMILES string of the molecule is CCCNC(=O)c1ccc(NC(=O)Cc2sc(-c3ccccc3)nc2-c2cccs2)cc1Cl. The van der Waals surface area contributed by atoms with E-state index in [9.17, 15) is 9.59 Å². The Kier molecular flexibility index (Phi) is 7.54. The van der Waals surface area contributed by atoms with Crippen LogP contribution in [-0.2, 0) is 11.2 Å². The van der Waals surface area contributed by atoms with Crippen LogP contribution in [0, 0.1) is 0 Å². The number of nitrogens with one attached hydrogen (secondary N) is 2. The van der Waals surface area contributed by atoms with Crippen molar-refractivity contribution in [1.29, 1.82) is 0 Å². The Balaban J connectivity index is 1.52. The summed E-state index contributed by atoms with van der Waals surface area (Å²) in [6, 6.07) is 18.9. The predicted molar refractivity (Wildman–Crippen MR) is 137 cm³/mol. The van der Waals surface area contributed by atoms with Crippen LogP contribution in [0.3, 0.4) is 0 Å². The number of aromatic nitrogens is 1. The summed E-state index contributed by atoms with van der Waals surface area (Å²) in [5.74, 6) is -0.395. The van der Waals surface area contributed by atoms with Crippen molar-refractivity contribution >= 4 is 51.8 Å². The molecular weight excluding hydrogens is 474 g/mol.